The third-order valence-electron chi connectivity index (χ3n) is 4.13. The second-order valence-electron chi connectivity index (χ2n) is 5.81. The van der Waals surface area contributed by atoms with Crippen LogP contribution in [0, 0.1) is 5.92 Å². The van der Waals surface area contributed by atoms with Crippen molar-refractivity contribution >= 4 is 17.5 Å². The maximum Gasteiger partial charge on any atom is 0.228 e. The lowest BCUT2D eigenvalue weighted by Crippen LogP contribution is -2.24. The number of aromatic nitrogens is 3. The third-order valence-corrected chi connectivity index (χ3v) is 4.13. The molecule has 0 aliphatic carbocycles. The van der Waals surface area contributed by atoms with E-state index in [2.05, 4.69) is 20.5 Å². The Kier molecular flexibility index (Phi) is 6.66. The van der Waals surface area contributed by atoms with Gasteiger partial charge in [0.05, 0.1) is 0 Å². The first-order valence-electron chi connectivity index (χ1n) is 8.38. The topological polar surface area (TPSA) is 71.0 Å². The van der Waals surface area contributed by atoms with E-state index in [1.54, 1.807) is 18.5 Å². The molecule has 0 atom stereocenters. The molecule has 0 saturated carbocycles. The van der Waals surface area contributed by atoms with Crippen LogP contribution in [0.25, 0.3) is 0 Å². The molecule has 0 aliphatic heterocycles. The van der Waals surface area contributed by atoms with E-state index in [0.29, 0.717) is 5.82 Å². The molecule has 24 heavy (non-hydrogen) atoms. The lowest BCUT2D eigenvalue weighted by molar-refractivity contribution is -0.120. The molecule has 0 unspecified atom stereocenters. The van der Waals surface area contributed by atoms with E-state index < -0.39 is 0 Å². The van der Waals surface area contributed by atoms with Gasteiger partial charge in [-0.05, 0) is 49.1 Å². The molecule has 128 valence electrons. The number of rotatable bonds is 8. The van der Waals surface area contributed by atoms with E-state index in [4.69, 9.17) is 0 Å². The number of pyridine rings is 1. The Labute approximate surface area is 143 Å². The molecule has 0 bridgehead atoms. The van der Waals surface area contributed by atoms with Crippen molar-refractivity contribution in [2.75, 3.05) is 23.8 Å². The molecule has 0 radical (unpaired) electrons. The number of likely N-dealkylation sites (N-methyl/N-ethyl adjacent to an activating group) is 1. The molecular weight excluding hydrogens is 302 g/mol. The highest BCUT2D eigenvalue weighted by molar-refractivity contribution is 5.91. The summed E-state index contributed by atoms with van der Waals surface area (Å²) in [4.78, 5) is 18.1. The zero-order chi connectivity index (χ0) is 17.4. The molecule has 1 amide bonds. The van der Waals surface area contributed by atoms with E-state index >= 15 is 0 Å². The first-order chi connectivity index (χ1) is 11.6. The van der Waals surface area contributed by atoms with Gasteiger partial charge in [0, 0.05) is 31.9 Å². The monoisotopic (exact) mass is 327 g/mol. The second kappa shape index (κ2) is 8.96. The molecule has 0 aliphatic rings. The van der Waals surface area contributed by atoms with E-state index in [1.807, 2.05) is 44.0 Å². The predicted molar refractivity (Wildman–Crippen MR) is 95.9 cm³/mol. The lowest BCUT2D eigenvalue weighted by atomic mass is 10.0. The van der Waals surface area contributed by atoms with E-state index in [0.717, 1.165) is 31.6 Å². The Morgan fingerprint density at radius 2 is 1.83 bits per heavy atom. The standard InChI is InChI=1S/C18H25N5O/c1-4-15(5-2)18(24)20-16-6-7-17(22-21-16)23(3)13-10-14-8-11-19-12-9-14/h6-9,11-12,15H,4-5,10,13H2,1-3H3,(H,20,21,24). The van der Waals surface area contributed by atoms with Crippen LogP contribution >= 0.6 is 0 Å². The molecule has 2 heterocycles. The summed E-state index contributed by atoms with van der Waals surface area (Å²) in [6.07, 6.45) is 6.16. The van der Waals surface area contributed by atoms with Crippen LogP contribution in [0.15, 0.2) is 36.7 Å². The summed E-state index contributed by atoms with van der Waals surface area (Å²) in [5, 5.41) is 11.1. The van der Waals surface area contributed by atoms with Gasteiger partial charge < -0.3 is 10.2 Å². The molecule has 2 rings (SSSR count). The fourth-order valence-electron chi connectivity index (χ4n) is 2.44. The first kappa shape index (κ1) is 17.8. The van der Waals surface area contributed by atoms with Gasteiger partial charge in [-0.15, -0.1) is 10.2 Å². The Bertz CT molecular complexity index is 626. The maximum absolute atomic E-state index is 12.1. The maximum atomic E-state index is 12.1. The molecular formula is C18H25N5O. The number of carbonyl (C=O) groups excluding carboxylic acids is 1. The van der Waals surface area contributed by atoms with Gasteiger partial charge in [-0.1, -0.05) is 13.8 Å². The van der Waals surface area contributed by atoms with Gasteiger partial charge >= 0.3 is 0 Å². The lowest BCUT2D eigenvalue weighted by Gasteiger charge is -2.18. The Hall–Kier alpha value is -2.50. The van der Waals surface area contributed by atoms with Crippen LogP contribution < -0.4 is 10.2 Å². The van der Waals surface area contributed by atoms with Crippen LogP contribution in [0.2, 0.25) is 0 Å². The average molecular weight is 327 g/mol. The largest absolute Gasteiger partial charge is 0.358 e. The fraction of sp³-hybridized carbons (Fsp3) is 0.444. The highest BCUT2D eigenvalue weighted by Gasteiger charge is 2.15. The first-order valence-corrected chi connectivity index (χ1v) is 8.38. The highest BCUT2D eigenvalue weighted by atomic mass is 16.1. The molecule has 2 aromatic rings. The minimum atomic E-state index is 0.00749. The molecule has 1 N–H and O–H groups in total. The van der Waals surface area contributed by atoms with Crippen LogP contribution in [0.5, 0.6) is 0 Å². The van der Waals surface area contributed by atoms with Crippen molar-refractivity contribution in [1.29, 1.82) is 0 Å². The third kappa shape index (κ3) is 5.01. The normalized spacial score (nSPS) is 10.7. The number of hydrogen-bond donors (Lipinski definition) is 1. The van der Waals surface area contributed by atoms with Gasteiger partial charge in [0.15, 0.2) is 11.6 Å². The van der Waals surface area contributed by atoms with Gasteiger partial charge in [-0.3, -0.25) is 9.78 Å². The number of amides is 1. The van der Waals surface area contributed by atoms with Crippen molar-refractivity contribution in [3.8, 4) is 0 Å². The number of hydrogen-bond acceptors (Lipinski definition) is 5. The molecule has 0 aromatic carbocycles. The number of anilines is 2. The summed E-state index contributed by atoms with van der Waals surface area (Å²) >= 11 is 0. The SMILES string of the molecule is CCC(CC)C(=O)Nc1ccc(N(C)CCc2ccncc2)nn1. The Balaban J connectivity index is 1.90. The zero-order valence-electron chi connectivity index (χ0n) is 14.6. The molecule has 6 nitrogen and oxygen atoms in total. The molecule has 2 aromatic heterocycles. The summed E-state index contributed by atoms with van der Waals surface area (Å²) in [6, 6.07) is 7.69. The summed E-state index contributed by atoms with van der Waals surface area (Å²) in [7, 11) is 1.98. The number of nitrogens with zero attached hydrogens (tertiary/aromatic N) is 4. The zero-order valence-corrected chi connectivity index (χ0v) is 14.6. The molecule has 0 saturated heterocycles. The van der Waals surface area contributed by atoms with Gasteiger partial charge in [-0.2, -0.15) is 0 Å². The Morgan fingerprint density at radius 3 is 2.42 bits per heavy atom. The number of carbonyl (C=O) groups is 1. The van der Waals surface area contributed by atoms with Crippen LogP contribution in [-0.2, 0) is 11.2 Å². The fourth-order valence-corrected chi connectivity index (χ4v) is 2.44. The van der Waals surface area contributed by atoms with Crippen molar-refractivity contribution < 1.29 is 4.79 Å². The van der Waals surface area contributed by atoms with Crippen molar-refractivity contribution in [1.82, 2.24) is 15.2 Å². The van der Waals surface area contributed by atoms with Crippen molar-refractivity contribution in [3.63, 3.8) is 0 Å². The minimum Gasteiger partial charge on any atom is -0.358 e. The second-order valence-corrected chi connectivity index (χ2v) is 5.81. The summed E-state index contributed by atoms with van der Waals surface area (Å²) < 4.78 is 0. The number of nitrogens with one attached hydrogen (secondary N) is 1. The van der Waals surface area contributed by atoms with Crippen LogP contribution in [0.4, 0.5) is 11.6 Å². The summed E-state index contributed by atoms with van der Waals surface area (Å²) in [5.41, 5.74) is 1.24. The summed E-state index contributed by atoms with van der Waals surface area (Å²) in [6.45, 7) is 4.86. The summed E-state index contributed by atoms with van der Waals surface area (Å²) in [5.74, 6) is 1.31. The molecule has 0 spiro atoms. The molecule has 0 fully saturated rings. The van der Waals surface area contributed by atoms with Gasteiger partial charge in [0.1, 0.15) is 0 Å². The van der Waals surface area contributed by atoms with Crippen LogP contribution in [0.3, 0.4) is 0 Å². The van der Waals surface area contributed by atoms with Crippen molar-refractivity contribution in [2.45, 2.75) is 33.1 Å². The van der Waals surface area contributed by atoms with Gasteiger partial charge in [0.2, 0.25) is 5.91 Å². The Morgan fingerprint density at radius 1 is 1.12 bits per heavy atom. The van der Waals surface area contributed by atoms with Crippen LogP contribution in [-0.4, -0.2) is 34.7 Å². The van der Waals surface area contributed by atoms with Crippen molar-refractivity contribution in [3.05, 3.63) is 42.2 Å². The van der Waals surface area contributed by atoms with E-state index in [9.17, 15) is 4.79 Å². The van der Waals surface area contributed by atoms with E-state index in [1.165, 1.54) is 5.56 Å². The predicted octanol–water partition coefficient (Wildman–Crippen LogP) is 2.93. The minimum absolute atomic E-state index is 0.00749. The highest BCUT2D eigenvalue weighted by Crippen LogP contribution is 2.14. The van der Waals surface area contributed by atoms with E-state index in [-0.39, 0.29) is 11.8 Å². The quantitative estimate of drug-likeness (QED) is 0.807. The van der Waals surface area contributed by atoms with Gasteiger partial charge in [0.25, 0.3) is 0 Å². The van der Waals surface area contributed by atoms with Crippen LogP contribution in [0.1, 0.15) is 32.3 Å². The van der Waals surface area contributed by atoms with Crippen molar-refractivity contribution in [2.24, 2.45) is 5.92 Å². The smallest absolute Gasteiger partial charge is 0.228 e. The average Bonchev–Trinajstić information content (AvgIpc) is 2.62. The molecule has 6 heteroatoms. The van der Waals surface area contributed by atoms with Gasteiger partial charge in [-0.25, -0.2) is 0 Å².